The minimum Gasteiger partial charge on any atom is -0.391 e. The van der Waals surface area contributed by atoms with Crippen molar-refractivity contribution in [1.29, 1.82) is 0 Å². The van der Waals surface area contributed by atoms with Crippen LogP contribution in [0.5, 0.6) is 0 Å². The van der Waals surface area contributed by atoms with Gasteiger partial charge in [0.15, 0.2) is 0 Å². The van der Waals surface area contributed by atoms with Gasteiger partial charge in [-0.05, 0) is 56.1 Å². The standard InChI is InChI=1S/C11H8Br2FNO3S2/c12-8-3-6(14)1-2-9(8)15-20(17,18)10-4-7(5-16)19-11(10)13/h1-4,15-16H,5H2. The van der Waals surface area contributed by atoms with Crippen LogP contribution in [0, 0.1) is 5.82 Å². The Morgan fingerprint density at radius 3 is 2.55 bits per heavy atom. The highest BCUT2D eigenvalue weighted by Gasteiger charge is 2.21. The lowest BCUT2D eigenvalue weighted by Crippen LogP contribution is -2.13. The third kappa shape index (κ3) is 3.40. The van der Waals surface area contributed by atoms with Crippen LogP contribution in [0.4, 0.5) is 10.1 Å². The summed E-state index contributed by atoms with van der Waals surface area (Å²) < 4.78 is 40.6. The van der Waals surface area contributed by atoms with Crippen LogP contribution in [-0.4, -0.2) is 13.5 Å². The molecule has 2 aromatic rings. The average Bonchev–Trinajstić information content (AvgIpc) is 2.75. The van der Waals surface area contributed by atoms with E-state index in [-0.39, 0.29) is 17.2 Å². The molecule has 2 rings (SSSR count). The van der Waals surface area contributed by atoms with Crippen LogP contribution in [0.25, 0.3) is 0 Å². The number of anilines is 1. The largest absolute Gasteiger partial charge is 0.391 e. The summed E-state index contributed by atoms with van der Waals surface area (Å²) in [7, 11) is -3.82. The average molecular weight is 445 g/mol. The van der Waals surface area contributed by atoms with E-state index in [2.05, 4.69) is 36.6 Å². The second-order valence-corrected chi connectivity index (χ2v) is 8.70. The Morgan fingerprint density at radius 1 is 1.30 bits per heavy atom. The van der Waals surface area contributed by atoms with Crippen LogP contribution in [0.1, 0.15) is 4.88 Å². The summed E-state index contributed by atoms with van der Waals surface area (Å²) in [6.45, 7) is -0.237. The predicted molar refractivity (Wildman–Crippen MR) is 82.9 cm³/mol. The maximum absolute atomic E-state index is 13.0. The maximum Gasteiger partial charge on any atom is 0.263 e. The Labute approximate surface area is 135 Å². The monoisotopic (exact) mass is 443 g/mol. The molecule has 0 atom stereocenters. The van der Waals surface area contributed by atoms with E-state index in [9.17, 15) is 12.8 Å². The van der Waals surface area contributed by atoms with Gasteiger partial charge in [-0.3, -0.25) is 4.72 Å². The highest BCUT2D eigenvalue weighted by molar-refractivity contribution is 9.11. The molecule has 0 fully saturated rings. The second-order valence-electron chi connectivity index (χ2n) is 3.74. The minimum absolute atomic E-state index is 0.0303. The lowest BCUT2D eigenvalue weighted by molar-refractivity contribution is 0.285. The summed E-state index contributed by atoms with van der Waals surface area (Å²) in [5, 5.41) is 9.03. The van der Waals surface area contributed by atoms with Crippen LogP contribution < -0.4 is 4.72 Å². The molecule has 0 aliphatic rings. The van der Waals surface area contributed by atoms with Gasteiger partial charge in [0.1, 0.15) is 10.7 Å². The van der Waals surface area contributed by atoms with Gasteiger partial charge in [0.05, 0.1) is 16.1 Å². The van der Waals surface area contributed by atoms with E-state index in [1.54, 1.807) is 0 Å². The molecule has 0 amide bonds. The van der Waals surface area contributed by atoms with Gasteiger partial charge in [-0.25, -0.2) is 12.8 Å². The summed E-state index contributed by atoms with van der Waals surface area (Å²) in [6.07, 6.45) is 0. The summed E-state index contributed by atoms with van der Waals surface area (Å²) in [6, 6.07) is 5.03. The number of nitrogens with one attached hydrogen (secondary N) is 1. The topological polar surface area (TPSA) is 66.4 Å². The Morgan fingerprint density at radius 2 is 2.00 bits per heavy atom. The van der Waals surface area contributed by atoms with E-state index in [1.165, 1.54) is 18.2 Å². The summed E-state index contributed by atoms with van der Waals surface area (Å²) >= 11 is 7.38. The molecule has 1 aromatic carbocycles. The van der Waals surface area contributed by atoms with Gasteiger partial charge in [-0.2, -0.15) is 0 Å². The van der Waals surface area contributed by atoms with Crippen molar-refractivity contribution in [1.82, 2.24) is 0 Å². The Hall–Kier alpha value is -0.480. The molecule has 0 aliphatic carbocycles. The van der Waals surface area contributed by atoms with Crippen molar-refractivity contribution < 1.29 is 17.9 Å². The molecule has 0 saturated carbocycles. The zero-order valence-corrected chi connectivity index (χ0v) is 14.5. The fraction of sp³-hybridized carbons (Fsp3) is 0.0909. The first-order valence-corrected chi connectivity index (χ1v) is 9.09. The molecule has 0 spiro atoms. The highest BCUT2D eigenvalue weighted by atomic mass is 79.9. The van der Waals surface area contributed by atoms with Gasteiger partial charge in [0, 0.05) is 9.35 Å². The Balaban J connectivity index is 2.38. The molecule has 9 heteroatoms. The molecule has 1 aromatic heterocycles. The summed E-state index contributed by atoms with van der Waals surface area (Å²) in [5.74, 6) is -0.473. The number of halogens is 3. The first kappa shape index (κ1) is 15.9. The molecule has 0 radical (unpaired) electrons. The van der Waals surface area contributed by atoms with Crippen LogP contribution in [-0.2, 0) is 16.6 Å². The number of hydrogen-bond donors (Lipinski definition) is 2. The first-order valence-electron chi connectivity index (χ1n) is 5.20. The minimum atomic E-state index is -3.82. The number of rotatable bonds is 4. The number of aliphatic hydroxyl groups excluding tert-OH is 1. The van der Waals surface area contributed by atoms with Crippen molar-refractivity contribution in [3.8, 4) is 0 Å². The lowest BCUT2D eigenvalue weighted by Gasteiger charge is -2.09. The molecule has 1 heterocycles. The molecule has 20 heavy (non-hydrogen) atoms. The van der Waals surface area contributed by atoms with Crippen molar-refractivity contribution in [3.63, 3.8) is 0 Å². The maximum atomic E-state index is 13.0. The number of sulfonamides is 1. The highest BCUT2D eigenvalue weighted by Crippen LogP contribution is 2.34. The fourth-order valence-electron chi connectivity index (χ4n) is 1.43. The van der Waals surface area contributed by atoms with Crippen LogP contribution in [0.15, 0.2) is 37.4 Å². The molecule has 108 valence electrons. The number of hydrogen-bond acceptors (Lipinski definition) is 4. The third-order valence-corrected chi connectivity index (χ3v) is 6.59. The number of thiophene rings is 1. The molecule has 0 saturated heterocycles. The zero-order valence-electron chi connectivity index (χ0n) is 9.73. The summed E-state index contributed by atoms with van der Waals surface area (Å²) in [5.41, 5.74) is 0.232. The van der Waals surface area contributed by atoms with E-state index in [0.717, 1.165) is 17.4 Å². The van der Waals surface area contributed by atoms with E-state index in [1.807, 2.05) is 0 Å². The predicted octanol–water partition coefficient (Wildman–Crippen LogP) is 3.71. The van der Waals surface area contributed by atoms with Gasteiger partial charge in [0.2, 0.25) is 0 Å². The van der Waals surface area contributed by atoms with E-state index in [4.69, 9.17) is 5.11 Å². The quantitative estimate of drug-likeness (QED) is 0.755. The smallest absolute Gasteiger partial charge is 0.263 e. The molecule has 0 aliphatic heterocycles. The van der Waals surface area contributed by atoms with Gasteiger partial charge < -0.3 is 5.11 Å². The number of aliphatic hydroxyl groups is 1. The fourth-order valence-corrected chi connectivity index (χ4v) is 5.64. The Kier molecular flexibility index (Phi) is 4.85. The SMILES string of the molecule is O=S(=O)(Nc1ccc(F)cc1Br)c1cc(CO)sc1Br. The molecular weight excluding hydrogens is 437 g/mol. The van der Waals surface area contributed by atoms with Crippen molar-refractivity contribution in [2.45, 2.75) is 11.5 Å². The van der Waals surface area contributed by atoms with Crippen molar-refractivity contribution in [2.75, 3.05) is 4.72 Å². The van der Waals surface area contributed by atoms with Gasteiger partial charge in [-0.15, -0.1) is 11.3 Å². The van der Waals surface area contributed by atoms with E-state index < -0.39 is 15.8 Å². The van der Waals surface area contributed by atoms with Crippen LogP contribution in [0.2, 0.25) is 0 Å². The summed E-state index contributed by atoms with van der Waals surface area (Å²) in [4.78, 5) is 0.554. The zero-order chi connectivity index (χ0) is 14.9. The van der Waals surface area contributed by atoms with Gasteiger partial charge in [0.25, 0.3) is 10.0 Å². The molecular formula is C11H8Br2FNO3S2. The first-order chi connectivity index (χ1) is 9.33. The van der Waals surface area contributed by atoms with Crippen molar-refractivity contribution >= 4 is 58.9 Å². The third-order valence-electron chi connectivity index (χ3n) is 2.33. The van der Waals surface area contributed by atoms with Crippen LogP contribution >= 0.6 is 43.2 Å². The van der Waals surface area contributed by atoms with Crippen molar-refractivity contribution in [3.05, 3.63) is 43.2 Å². The molecule has 0 bridgehead atoms. The molecule has 2 N–H and O–H groups in total. The molecule has 4 nitrogen and oxygen atoms in total. The van der Waals surface area contributed by atoms with E-state index in [0.29, 0.717) is 13.1 Å². The van der Waals surface area contributed by atoms with Crippen LogP contribution in [0.3, 0.4) is 0 Å². The Bertz CT molecular complexity index is 746. The normalized spacial score (nSPS) is 11.6. The molecule has 0 unspecified atom stereocenters. The van der Waals surface area contributed by atoms with Gasteiger partial charge in [-0.1, -0.05) is 0 Å². The number of benzene rings is 1. The second kappa shape index (κ2) is 6.10. The lowest BCUT2D eigenvalue weighted by atomic mass is 10.3. The van der Waals surface area contributed by atoms with Crippen molar-refractivity contribution in [2.24, 2.45) is 0 Å². The van der Waals surface area contributed by atoms with E-state index >= 15 is 0 Å². The van der Waals surface area contributed by atoms with Gasteiger partial charge >= 0.3 is 0 Å².